The average molecular weight is 378 g/mol. The molecule has 1 aromatic heterocycles. The molecule has 4 unspecified atom stereocenters. The third-order valence-electron chi connectivity index (χ3n) is 6.20. The number of aromatic nitrogens is 2. The molecule has 1 aliphatic carbocycles. The second kappa shape index (κ2) is 10.3. The topological polar surface area (TPSA) is 38.1 Å². The summed E-state index contributed by atoms with van der Waals surface area (Å²) in [5.41, 5.74) is 0.515. The number of imidazole rings is 1. The fourth-order valence-corrected chi connectivity index (χ4v) is 3.48. The standard InChI is InChI=1S/C10H16N2.C9H17NO.C4H10/c1-8-6-10(8,3)9(2)12-5-4-11-7-12;1-7(2)8(3)10-6-4-5-9(10)11;1-4(2)3/h4-5,7-9H,6H2,1-3H3;7-8H,4-6H2,1-3H3;4H,1-3H3. The normalized spacial score (nSPS) is 26.3. The van der Waals surface area contributed by atoms with Crippen molar-refractivity contribution >= 4 is 5.91 Å². The van der Waals surface area contributed by atoms with Crippen LogP contribution >= 0.6 is 0 Å². The Morgan fingerprint density at radius 1 is 1.15 bits per heavy atom. The number of carbonyl (C=O) groups excluding carboxylic acids is 1. The lowest BCUT2D eigenvalue weighted by Gasteiger charge is -2.27. The molecule has 4 atom stereocenters. The Labute approximate surface area is 167 Å². The molecule has 3 rings (SSSR count). The summed E-state index contributed by atoms with van der Waals surface area (Å²) in [5, 5.41) is 0. The van der Waals surface area contributed by atoms with Gasteiger partial charge in [-0.25, -0.2) is 4.98 Å². The molecule has 2 aliphatic rings. The summed E-state index contributed by atoms with van der Waals surface area (Å²) in [5.74, 6) is 2.62. The fraction of sp³-hybridized carbons (Fsp3) is 0.826. The minimum absolute atomic E-state index is 0.339. The molecule has 1 aromatic rings. The van der Waals surface area contributed by atoms with Crippen molar-refractivity contribution in [3.8, 4) is 0 Å². The van der Waals surface area contributed by atoms with E-state index in [1.165, 1.54) is 6.42 Å². The van der Waals surface area contributed by atoms with E-state index in [2.05, 4.69) is 78.1 Å². The molecule has 0 N–H and O–H groups in total. The summed E-state index contributed by atoms with van der Waals surface area (Å²) >= 11 is 0. The Morgan fingerprint density at radius 2 is 1.70 bits per heavy atom. The summed E-state index contributed by atoms with van der Waals surface area (Å²) in [6.45, 7) is 20.9. The molecule has 2 fully saturated rings. The van der Waals surface area contributed by atoms with Crippen LogP contribution in [0.1, 0.15) is 87.6 Å². The van der Waals surface area contributed by atoms with Crippen LogP contribution in [0.4, 0.5) is 0 Å². The Kier molecular flexibility index (Phi) is 9.04. The van der Waals surface area contributed by atoms with Crippen molar-refractivity contribution in [3.63, 3.8) is 0 Å². The summed E-state index contributed by atoms with van der Waals surface area (Å²) in [6.07, 6.45) is 8.99. The number of rotatable bonds is 4. The Hall–Kier alpha value is -1.32. The van der Waals surface area contributed by atoms with Crippen LogP contribution in [-0.2, 0) is 4.79 Å². The van der Waals surface area contributed by atoms with E-state index in [0.717, 1.165) is 31.2 Å². The summed E-state index contributed by atoms with van der Waals surface area (Å²) in [4.78, 5) is 17.3. The molecule has 0 bridgehead atoms. The summed E-state index contributed by atoms with van der Waals surface area (Å²) < 4.78 is 2.21. The van der Waals surface area contributed by atoms with Crippen LogP contribution in [0, 0.1) is 23.2 Å². The van der Waals surface area contributed by atoms with E-state index >= 15 is 0 Å². The zero-order valence-electron chi connectivity index (χ0n) is 19.2. The third-order valence-corrected chi connectivity index (χ3v) is 6.20. The Bertz CT molecular complexity index is 549. The van der Waals surface area contributed by atoms with Crippen LogP contribution in [0.2, 0.25) is 0 Å². The van der Waals surface area contributed by atoms with E-state index in [-0.39, 0.29) is 0 Å². The zero-order valence-corrected chi connectivity index (χ0v) is 19.2. The second-order valence-corrected chi connectivity index (χ2v) is 9.70. The van der Waals surface area contributed by atoms with Crippen LogP contribution < -0.4 is 0 Å². The van der Waals surface area contributed by atoms with Gasteiger partial charge in [-0.15, -0.1) is 0 Å². The van der Waals surface area contributed by atoms with E-state index in [9.17, 15) is 4.79 Å². The number of amides is 1. The molecular formula is C23H43N3O. The first-order chi connectivity index (χ1) is 12.5. The van der Waals surface area contributed by atoms with E-state index < -0.39 is 0 Å². The maximum absolute atomic E-state index is 11.2. The van der Waals surface area contributed by atoms with Gasteiger partial charge in [-0.2, -0.15) is 0 Å². The molecule has 1 aliphatic heterocycles. The van der Waals surface area contributed by atoms with Gasteiger partial charge in [0.2, 0.25) is 5.91 Å². The monoisotopic (exact) mass is 377 g/mol. The molecule has 1 amide bonds. The van der Waals surface area contributed by atoms with Crippen LogP contribution in [0.3, 0.4) is 0 Å². The van der Waals surface area contributed by atoms with Gasteiger partial charge in [-0.3, -0.25) is 4.79 Å². The van der Waals surface area contributed by atoms with Gasteiger partial charge in [0, 0.05) is 37.4 Å². The summed E-state index contributed by atoms with van der Waals surface area (Å²) in [7, 11) is 0. The number of nitrogens with zero attached hydrogens (tertiary/aromatic N) is 3. The molecule has 0 spiro atoms. The highest BCUT2D eigenvalue weighted by Gasteiger charge is 2.51. The van der Waals surface area contributed by atoms with Crippen molar-refractivity contribution in [3.05, 3.63) is 18.7 Å². The van der Waals surface area contributed by atoms with Gasteiger partial charge in [-0.05, 0) is 49.9 Å². The molecule has 0 aromatic carbocycles. The minimum atomic E-state index is 0.339. The SMILES string of the molecule is CC(C)C.CC(C)C(C)N1CCCC1=O.CC1CC1(C)C(C)n1ccnc1. The highest BCUT2D eigenvalue weighted by molar-refractivity contribution is 5.78. The highest BCUT2D eigenvalue weighted by Crippen LogP contribution is 2.58. The van der Waals surface area contributed by atoms with Crippen molar-refractivity contribution in [2.75, 3.05) is 6.54 Å². The quantitative estimate of drug-likeness (QED) is 0.664. The average Bonchev–Trinajstić information content (AvgIpc) is 3.01. The molecule has 1 saturated heterocycles. The van der Waals surface area contributed by atoms with Crippen molar-refractivity contribution in [1.29, 1.82) is 0 Å². The molecule has 156 valence electrons. The predicted molar refractivity (Wildman–Crippen MR) is 115 cm³/mol. The van der Waals surface area contributed by atoms with Gasteiger partial charge >= 0.3 is 0 Å². The smallest absolute Gasteiger partial charge is 0.222 e. The lowest BCUT2D eigenvalue weighted by atomic mass is 9.98. The molecule has 4 heteroatoms. The van der Waals surface area contributed by atoms with Crippen molar-refractivity contribution < 1.29 is 4.79 Å². The van der Waals surface area contributed by atoms with Gasteiger partial charge in [0.25, 0.3) is 0 Å². The van der Waals surface area contributed by atoms with Crippen molar-refractivity contribution in [1.82, 2.24) is 14.5 Å². The largest absolute Gasteiger partial charge is 0.340 e. The molecule has 4 nitrogen and oxygen atoms in total. The first kappa shape index (κ1) is 23.7. The molecule has 0 radical (unpaired) electrons. The van der Waals surface area contributed by atoms with E-state index in [0.29, 0.717) is 29.3 Å². The first-order valence-electron chi connectivity index (χ1n) is 10.8. The minimum Gasteiger partial charge on any atom is -0.340 e. The molecular weight excluding hydrogens is 334 g/mol. The van der Waals surface area contributed by atoms with E-state index in [1.807, 2.05) is 17.4 Å². The van der Waals surface area contributed by atoms with Crippen molar-refractivity contribution in [2.45, 2.75) is 93.7 Å². The van der Waals surface area contributed by atoms with Crippen LogP contribution in [-0.4, -0.2) is 32.9 Å². The van der Waals surface area contributed by atoms with Gasteiger partial charge in [-0.1, -0.05) is 48.5 Å². The van der Waals surface area contributed by atoms with Gasteiger partial charge in [0.15, 0.2) is 0 Å². The lowest BCUT2D eigenvalue weighted by Crippen LogP contribution is -2.37. The van der Waals surface area contributed by atoms with Crippen LogP contribution in [0.25, 0.3) is 0 Å². The predicted octanol–water partition coefficient (Wildman–Crippen LogP) is 5.81. The zero-order chi connectivity index (χ0) is 20.8. The van der Waals surface area contributed by atoms with Crippen molar-refractivity contribution in [2.24, 2.45) is 23.2 Å². The fourth-order valence-electron chi connectivity index (χ4n) is 3.48. The molecule has 2 heterocycles. The van der Waals surface area contributed by atoms with Crippen LogP contribution in [0.15, 0.2) is 18.7 Å². The van der Waals surface area contributed by atoms with Gasteiger partial charge in [0.1, 0.15) is 0 Å². The third kappa shape index (κ3) is 6.97. The highest BCUT2D eigenvalue weighted by atomic mass is 16.2. The lowest BCUT2D eigenvalue weighted by molar-refractivity contribution is -0.130. The van der Waals surface area contributed by atoms with Crippen LogP contribution in [0.5, 0.6) is 0 Å². The molecule has 27 heavy (non-hydrogen) atoms. The molecule has 1 saturated carbocycles. The van der Waals surface area contributed by atoms with Gasteiger partial charge < -0.3 is 9.47 Å². The second-order valence-electron chi connectivity index (χ2n) is 9.70. The Morgan fingerprint density at radius 3 is 2.04 bits per heavy atom. The summed E-state index contributed by atoms with van der Waals surface area (Å²) in [6, 6.07) is 1.01. The number of likely N-dealkylation sites (tertiary alicyclic amines) is 1. The first-order valence-corrected chi connectivity index (χ1v) is 10.8. The van der Waals surface area contributed by atoms with Gasteiger partial charge in [0.05, 0.1) is 6.33 Å². The Balaban J connectivity index is 0.000000227. The van der Waals surface area contributed by atoms with E-state index in [4.69, 9.17) is 0 Å². The van der Waals surface area contributed by atoms with E-state index in [1.54, 1.807) is 0 Å². The number of hydrogen-bond donors (Lipinski definition) is 0. The maximum Gasteiger partial charge on any atom is 0.222 e. The number of carbonyl (C=O) groups is 1. The number of hydrogen-bond acceptors (Lipinski definition) is 2. The maximum atomic E-state index is 11.2.